The molecule has 0 aromatic heterocycles. The van der Waals surface area contributed by atoms with E-state index in [1.165, 1.54) is 0 Å². The predicted molar refractivity (Wildman–Crippen MR) is 137 cm³/mol. The second-order valence-corrected chi connectivity index (χ2v) is 9.00. The number of aliphatic hydroxyl groups is 1. The molecule has 0 saturated carbocycles. The number of aliphatic hydroxyl groups excluding tert-OH is 1. The van der Waals surface area contributed by atoms with Crippen LogP contribution in [0, 0.1) is 6.92 Å². The highest BCUT2D eigenvalue weighted by molar-refractivity contribution is 6.46. The number of hydrogen-bond donors (Lipinski definition) is 1. The van der Waals surface area contributed by atoms with Crippen LogP contribution in [0.4, 0.5) is 0 Å². The zero-order valence-corrected chi connectivity index (χ0v) is 21.3. The maximum Gasteiger partial charge on any atom is 0.295 e. The van der Waals surface area contributed by atoms with Crippen molar-refractivity contribution < 1.29 is 24.2 Å². The predicted octanol–water partition coefficient (Wildman–Crippen LogP) is 4.56. The third-order valence-electron chi connectivity index (χ3n) is 5.91. The lowest BCUT2D eigenvalue weighted by Gasteiger charge is -2.26. The molecule has 1 N–H and O–H groups in total. The number of ether oxygens (including phenoxy) is 2. The second kappa shape index (κ2) is 11.9. The van der Waals surface area contributed by atoms with Crippen LogP contribution in [-0.4, -0.2) is 67.0 Å². The van der Waals surface area contributed by atoms with Crippen LogP contribution in [-0.2, 0) is 9.59 Å². The molecule has 1 amide bonds. The summed E-state index contributed by atoms with van der Waals surface area (Å²) in [7, 11) is 3.93. The van der Waals surface area contributed by atoms with Gasteiger partial charge in [-0.1, -0.05) is 42.8 Å². The topological polar surface area (TPSA) is 79.3 Å². The van der Waals surface area contributed by atoms with Crippen LogP contribution in [0.1, 0.15) is 49.4 Å². The van der Waals surface area contributed by atoms with Crippen molar-refractivity contribution in [3.8, 4) is 11.5 Å². The van der Waals surface area contributed by atoms with E-state index in [9.17, 15) is 14.7 Å². The molecular formula is C28H36N2O5. The van der Waals surface area contributed by atoms with Gasteiger partial charge in [-0.2, -0.15) is 0 Å². The van der Waals surface area contributed by atoms with Crippen molar-refractivity contribution in [1.29, 1.82) is 0 Å². The molecule has 35 heavy (non-hydrogen) atoms. The fourth-order valence-corrected chi connectivity index (χ4v) is 4.18. The van der Waals surface area contributed by atoms with Crippen molar-refractivity contribution >= 4 is 17.4 Å². The molecule has 1 unspecified atom stereocenters. The summed E-state index contributed by atoms with van der Waals surface area (Å²) in [5.74, 6) is -0.296. The molecule has 1 aliphatic rings. The van der Waals surface area contributed by atoms with E-state index in [0.717, 1.165) is 18.5 Å². The molecule has 1 fully saturated rings. The highest BCUT2D eigenvalue weighted by Gasteiger charge is 2.46. The van der Waals surface area contributed by atoms with Crippen molar-refractivity contribution in [3.63, 3.8) is 0 Å². The fourth-order valence-electron chi connectivity index (χ4n) is 4.18. The van der Waals surface area contributed by atoms with Gasteiger partial charge in [0, 0.05) is 12.1 Å². The summed E-state index contributed by atoms with van der Waals surface area (Å²) in [6, 6.07) is 12.0. The summed E-state index contributed by atoms with van der Waals surface area (Å²) in [5.41, 5.74) is 2.31. The Morgan fingerprint density at radius 2 is 1.74 bits per heavy atom. The number of amides is 1. The standard InChI is InChI=1S/C28H36N2O5/c1-6-17-35-22-14-13-21(18-23(22)34-7-2)25-24(26(31)20-11-9-19(3)10-12-20)27(32)28(33)30(25)16-8-15-29(4)5/h9-14,18,25,31H,6-8,15-17H2,1-5H3. The molecule has 188 valence electrons. The van der Waals surface area contributed by atoms with Gasteiger partial charge < -0.3 is 24.4 Å². The first-order valence-electron chi connectivity index (χ1n) is 12.2. The molecule has 3 rings (SSSR count). The minimum Gasteiger partial charge on any atom is -0.507 e. The SMILES string of the molecule is CCCOc1ccc(C2C(=C(O)c3ccc(C)cc3)C(=O)C(=O)N2CCCN(C)C)cc1OCC. The highest BCUT2D eigenvalue weighted by Crippen LogP contribution is 2.42. The van der Waals surface area contributed by atoms with E-state index in [2.05, 4.69) is 0 Å². The minimum absolute atomic E-state index is 0.0911. The fraction of sp³-hybridized carbons (Fsp3) is 0.429. The molecule has 7 nitrogen and oxygen atoms in total. The van der Waals surface area contributed by atoms with Gasteiger partial charge in [-0.05, 0) is 65.0 Å². The third kappa shape index (κ3) is 6.03. The number of rotatable bonds is 11. The molecule has 1 heterocycles. The van der Waals surface area contributed by atoms with Crippen molar-refractivity contribution in [2.45, 2.75) is 39.7 Å². The van der Waals surface area contributed by atoms with E-state index < -0.39 is 17.7 Å². The van der Waals surface area contributed by atoms with Crippen LogP contribution in [0.5, 0.6) is 11.5 Å². The van der Waals surface area contributed by atoms with Gasteiger partial charge in [-0.3, -0.25) is 9.59 Å². The summed E-state index contributed by atoms with van der Waals surface area (Å²) < 4.78 is 11.7. The summed E-state index contributed by atoms with van der Waals surface area (Å²) in [5, 5.41) is 11.2. The molecular weight excluding hydrogens is 444 g/mol. The Morgan fingerprint density at radius 1 is 1.03 bits per heavy atom. The molecule has 1 atom stereocenters. The van der Waals surface area contributed by atoms with Gasteiger partial charge in [-0.25, -0.2) is 0 Å². The van der Waals surface area contributed by atoms with Gasteiger partial charge in [0.25, 0.3) is 11.7 Å². The van der Waals surface area contributed by atoms with E-state index in [-0.39, 0.29) is 11.3 Å². The molecule has 0 aliphatic carbocycles. The first-order valence-corrected chi connectivity index (χ1v) is 12.2. The van der Waals surface area contributed by atoms with Crippen LogP contribution >= 0.6 is 0 Å². The van der Waals surface area contributed by atoms with Crippen molar-refractivity contribution in [3.05, 3.63) is 64.7 Å². The second-order valence-electron chi connectivity index (χ2n) is 9.00. The quantitative estimate of drug-likeness (QED) is 0.289. The average molecular weight is 481 g/mol. The number of Topliss-reactive ketones (excluding diaryl/α,β-unsaturated/α-hetero) is 1. The minimum atomic E-state index is -0.724. The maximum absolute atomic E-state index is 13.2. The van der Waals surface area contributed by atoms with Gasteiger partial charge >= 0.3 is 0 Å². The van der Waals surface area contributed by atoms with E-state index >= 15 is 0 Å². The molecule has 7 heteroatoms. The lowest BCUT2D eigenvalue weighted by Crippen LogP contribution is -2.32. The van der Waals surface area contributed by atoms with Crippen molar-refractivity contribution in [1.82, 2.24) is 9.80 Å². The molecule has 2 aromatic carbocycles. The Bertz CT molecular complexity index is 1080. The van der Waals surface area contributed by atoms with Crippen LogP contribution in [0.15, 0.2) is 48.0 Å². The van der Waals surface area contributed by atoms with E-state index in [4.69, 9.17) is 9.47 Å². The van der Waals surface area contributed by atoms with E-state index in [1.54, 1.807) is 17.0 Å². The number of hydrogen-bond acceptors (Lipinski definition) is 6. The number of likely N-dealkylation sites (tertiary alicyclic amines) is 1. The average Bonchev–Trinajstić information content (AvgIpc) is 3.08. The largest absolute Gasteiger partial charge is 0.507 e. The Morgan fingerprint density at radius 3 is 2.37 bits per heavy atom. The third-order valence-corrected chi connectivity index (χ3v) is 5.91. The van der Waals surface area contributed by atoms with Crippen LogP contribution in [0.25, 0.3) is 5.76 Å². The van der Waals surface area contributed by atoms with Crippen LogP contribution in [0.2, 0.25) is 0 Å². The Kier molecular flexibility index (Phi) is 8.93. The smallest absolute Gasteiger partial charge is 0.295 e. The molecule has 0 radical (unpaired) electrons. The zero-order chi connectivity index (χ0) is 25.5. The number of benzene rings is 2. The normalized spacial score (nSPS) is 17.3. The summed E-state index contributed by atoms with van der Waals surface area (Å²) >= 11 is 0. The van der Waals surface area contributed by atoms with Gasteiger partial charge in [0.05, 0.1) is 24.8 Å². The monoisotopic (exact) mass is 480 g/mol. The first-order chi connectivity index (χ1) is 16.8. The van der Waals surface area contributed by atoms with E-state index in [0.29, 0.717) is 48.8 Å². The molecule has 1 aliphatic heterocycles. The van der Waals surface area contributed by atoms with Crippen LogP contribution < -0.4 is 9.47 Å². The number of carbonyl (C=O) groups excluding carboxylic acids is 2. The Labute approximate surface area is 207 Å². The first kappa shape index (κ1) is 26.3. The van der Waals surface area contributed by atoms with Crippen LogP contribution in [0.3, 0.4) is 0 Å². The maximum atomic E-state index is 13.2. The Balaban J connectivity index is 2.12. The van der Waals surface area contributed by atoms with Gasteiger partial charge in [0.15, 0.2) is 11.5 Å². The lowest BCUT2D eigenvalue weighted by molar-refractivity contribution is -0.139. The van der Waals surface area contributed by atoms with Gasteiger partial charge in [0.2, 0.25) is 0 Å². The van der Waals surface area contributed by atoms with Gasteiger partial charge in [0.1, 0.15) is 5.76 Å². The molecule has 0 bridgehead atoms. The summed E-state index contributed by atoms with van der Waals surface area (Å²) in [6.45, 7) is 8.01. The van der Waals surface area contributed by atoms with Gasteiger partial charge in [-0.15, -0.1) is 0 Å². The Hall–Kier alpha value is -3.32. The lowest BCUT2D eigenvalue weighted by atomic mass is 9.94. The van der Waals surface area contributed by atoms with E-state index in [1.807, 2.05) is 70.1 Å². The number of nitrogens with zero attached hydrogens (tertiary/aromatic N) is 2. The number of carbonyl (C=O) groups is 2. The molecule has 0 spiro atoms. The molecule has 1 saturated heterocycles. The highest BCUT2D eigenvalue weighted by atomic mass is 16.5. The number of aryl methyl sites for hydroxylation is 1. The zero-order valence-electron chi connectivity index (χ0n) is 21.3. The van der Waals surface area contributed by atoms with Crippen molar-refractivity contribution in [2.24, 2.45) is 0 Å². The summed E-state index contributed by atoms with van der Waals surface area (Å²) in [6.07, 6.45) is 1.55. The number of ketones is 1. The summed E-state index contributed by atoms with van der Waals surface area (Å²) in [4.78, 5) is 30.0. The van der Waals surface area contributed by atoms with Crippen molar-refractivity contribution in [2.75, 3.05) is 40.4 Å². The molecule has 2 aromatic rings.